The Morgan fingerprint density at radius 1 is 1.57 bits per heavy atom. The highest BCUT2D eigenvalue weighted by molar-refractivity contribution is 6.31. The summed E-state index contributed by atoms with van der Waals surface area (Å²) in [6.07, 6.45) is 0.983. The minimum Gasteiger partial charge on any atom is -0.469 e. The molecule has 6 nitrogen and oxygen atoms in total. The van der Waals surface area contributed by atoms with Gasteiger partial charge in [-0.1, -0.05) is 18.5 Å². The third-order valence-corrected chi connectivity index (χ3v) is 4.16. The lowest BCUT2D eigenvalue weighted by Crippen LogP contribution is -2.43. The van der Waals surface area contributed by atoms with Gasteiger partial charge in [-0.05, 0) is 6.42 Å². The van der Waals surface area contributed by atoms with E-state index in [9.17, 15) is 4.79 Å². The lowest BCUT2D eigenvalue weighted by molar-refractivity contribution is -0.145. The van der Waals surface area contributed by atoms with Crippen molar-refractivity contribution in [2.24, 2.45) is 7.05 Å². The number of halogens is 1. The van der Waals surface area contributed by atoms with Crippen molar-refractivity contribution in [2.75, 3.05) is 26.8 Å². The number of nitrogens with zero attached hydrogens (tertiary/aromatic N) is 3. The van der Waals surface area contributed by atoms with Crippen molar-refractivity contribution in [3.05, 3.63) is 16.4 Å². The van der Waals surface area contributed by atoms with Crippen LogP contribution in [0.2, 0.25) is 5.02 Å². The summed E-state index contributed by atoms with van der Waals surface area (Å²) in [5.41, 5.74) is 1.93. The van der Waals surface area contributed by atoms with Gasteiger partial charge in [0.2, 0.25) is 0 Å². The molecule has 0 aliphatic carbocycles. The van der Waals surface area contributed by atoms with Gasteiger partial charge in [0.25, 0.3) is 0 Å². The molecule has 2 rings (SSSR count). The summed E-state index contributed by atoms with van der Waals surface area (Å²) in [6.45, 7) is 4.87. The van der Waals surface area contributed by atoms with Crippen molar-refractivity contribution in [2.45, 2.75) is 32.4 Å². The van der Waals surface area contributed by atoms with Crippen LogP contribution in [0.15, 0.2) is 0 Å². The fourth-order valence-corrected chi connectivity index (χ4v) is 2.87. The first-order chi connectivity index (χ1) is 10.0. The number of morpholine rings is 1. The zero-order chi connectivity index (χ0) is 15.4. The molecule has 0 saturated carbocycles. The summed E-state index contributed by atoms with van der Waals surface area (Å²) < 4.78 is 12.1. The lowest BCUT2D eigenvalue weighted by Gasteiger charge is -2.32. The second-order valence-electron chi connectivity index (χ2n) is 5.19. The normalized spacial score (nSPS) is 19.7. The average molecular weight is 316 g/mol. The van der Waals surface area contributed by atoms with Gasteiger partial charge in [-0.2, -0.15) is 5.10 Å². The van der Waals surface area contributed by atoms with Crippen molar-refractivity contribution >= 4 is 17.6 Å². The zero-order valence-corrected chi connectivity index (χ0v) is 13.5. The quantitative estimate of drug-likeness (QED) is 0.769. The van der Waals surface area contributed by atoms with Crippen LogP contribution < -0.4 is 0 Å². The van der Waals surface area contributed by atoms with Gasteiger partial charge in [0.1, 0.15) is 0 Å². The molecule has 1 atom stereocenters. The van der Waals surface area contributed by atoms with E-state index in [0.717, 1.165) is 29.4 Å². The smallest absolute Gasteiger partial charge is 0.308 e. The number of rotatable bonds is 5. The van der Waals surface area contributed by atoms with Crippen molar-refractivity contribution in [3.63, 3.8) is 0 Å². The lowest BCUT2D eigenvalue weighted by atomic mass is 10.2. The number of esters is 1. The Kier molecular flexibility index (Phi) is 5.61. The number of hydrogen-bond acceptors (Lipinski definition) is 5. The van der Waals surface area contributed by atoms with Gasteiger partial charge in [-0.25, -0.2) is 0 Å². The Hall–Kier alpha value is -1.11. The molecular weight excluding hydrogens is 294 g/mol. The average Bonchev–Trinajstić information content (AvgIpc) is 2.75. The van der Waals surface area contributed by atoms with Crippen molar-refractivity contribution in [3.8, 4) is 0 Å². The summed E-state index contributed by atoms with van der Waals surface area (Å²) in [6, 6.07) is 0. The standard InChI is InChI=1S/C14H22ClN3O3/c1-4-11-14(15)12(17(2)16-11)9-18-5-6-21-10(8-18)7-13(19)20-3/h10H,4-9H2,1-3H3. The van der Waals surface area contributed by atoms with E-state index in [4.69, 9.17) is 16.3 Å². The number of carbonyl (C=O) groups is 1. The van der Waals surface area contributed by atoms with Crippen LogP contribution in [0.1, 0.15) is 24.7 Å². The van der Waals surface area contributed by atoms with E-state index in [1.165, 1.54) is 7.11 Å². The zero-order valence-electron chi connectivity index (χ0n) is 12.8. The molecule has 1 aromatic rings. The molecule has 1 unspecified atom stereocenters. The molecule has 0 bridgehead atoms. The SMILES string of the molecule is CCc1nn(C)c(CN2CCOC(CC(=O)OC)C2)c1Cl. The van der Waals surface area contributed by atoms with Gasteiger partial charge in [-0.15, -0.1) is 0 Å². The van der Waals surface area contributed by atoms with Crippen LogP contribution in [0, 0.1) is 0 Å². The largest absolute Gasteiger partial charge is 0.469 e. The Labute approximate surface area is 129 Å². The highest BCUT2D eigenvalue weighted by atomic mass is 35.5. The maximum atomic E-state index is 11.3. The molecule has 21 heavy (non-hydrogen) atoms. The molecule has 0 amide bonds. The number of hydrogen-bond donors (Lipinski definition) is 0. The summed E-state index contributed by atoms with van der Waals surface area (Å²) in [7, 11) is 3.30. The van der Waals surface area contributed by atoms with E-state index >= 15 is 0 Å². The first-order valence-electron chi connectivity index (χ1n) is 7.16. The predicted molar refractivity (Wildman–Crippen MR) is 79.2 cm³/mol. The fourth-order valence-electron chi connectivity index (χ4n) is 2.52. The summed E-state index contributed by atoms with van der Waals surface area (Å²) in [5, 5.41) is 5.17. The maximum Gasteiger partial charge on any atom is 0.308 e. The predicted octanol–water partition coefficient (Wildman–Crippen LogP) is 1.40. The van der Waals surface area contributed by atoms with Crippen LogP contribution in [0.3, 0.4) is 0 Å². The molecule has 1 fully saturated rings. The van der Waals surface area contributed by atoms with Crippen molar-refractivity contribution in [1.82, 2.24) is 14.7 Å². The number of carbonyl (C=O) groups excluding carboxylic acids is 1. The van der Waals surface area contributed by atoms with Gasteiger partial charge in [0.05, 0.1) is 42.7 Å². The molecule has 1 aliphatic heterocycles. The summed E-state index contributed by atoms with van der Waals surface area (Å²) >= 11 is 6.38. The Morgan fingerprint density at radius 2 is 2.33 bits per heavy atom. The molecule has 7 heteroatoms. The Bertz CT molecular complexity index is 504. The number of aryl methyl sites for hydroxylation is 2. The van der Waals surface area contributed by atoms with Crippen LogP contribution in [-0.4, -0.2) is 53.6 Å². The molecule has 0 spiro atoms. The van der Waals surface area contributed by atoms with Crippen LogP contribution in [0.4, 0.5) is 0 Å². The van der Waals surface area contributed by atoms with E-state index in [1.54, 1.807) is 0 Å². The molecule has 1 aromatic heterocycles. The molecule has 0 radical (unpaired) electrons. The third kappa shape index (κ3) is 3.96. The first kappa shape index (κ1) is 16.3. The third-order valence-electron chi connectivity index (χ3n) is 3.72. The van der Waals surface area contributed by atoms with Crippen LogP contribution in [-0.2, 0) is 34.3 Å². The maximum absolute atomic E-state index is 11.3. The van der Waals surface area contributed by atoms with E-state index in [1.807, 2.05) is 18.7 Å². The molecule has 1 saturated heterocycles. The molecule has 118 valence electrons. The molecule has 0 aromatic carbocycles. The first-order valence-corrected chi connectivity index (χ1v) is 7.54. The van der Waals surface area contributed by atoms with Crippen molar-refractivity contribution in [1.29, 1.82) is 0 Å². The van der Waals surface area contributed by atoms with E-state index in [0.29, 0.717) is 19.7 Å². The Morgan fingerprint density at radius 3 is 2.95 bits per heavy atom. The topological polar surface area (TPSA) is 56.6 Å². The van der Waals surface area contributed by atoms with Crippen LogP contribution in [0.25, 0.3) is 0 Å². The summed E-state index contributed by atoms with van der Waals surface area (Å²) in [4.78, 5) is 13.6. The Balaban J connectivity index is 1.99. The molecular formula is C14H22ClN3O3. The van der Waals surface area contributed by atoms with Crippen LogP contribution in [0.5, 0.6) is 0 Å². The van der Waals surface area contributed by atoms with E-state index in [-0.39, 0.29) is 18.5 Å². The molecule has 2 heterocycles. The van der Waals surface area contributed by atoms with E-state index in [2.05, 4.69) is 14.7 Å². The van der Waals surface area contributed by atoms with Gasteiger partial charge < -0.3 is 9.47 Å². The minimum atomic E-state index is -0.242. The van der Waals surface area contributed by atoms with Gasteiger partial charge >= 0.3 is 5.97 Å². The van der Waals surface area contributed by atoms with Crippen molar-refractivity contribution < 1.29 is 14.3 Å². The molecule has 0 N–H and O–H groups in total. The van der Waals surface area contributed by atoms with Crippen LogP contribution >= 0.6 is 11.6 Å². The van der Waals surface area contributed by atoms with E-state index < -0.39 is 0 Å². The number of aromatic nitrogens is 2. The second-order valence-corrected chi connectivity index (χ2v) is 5.57. The number of ether oxygens (including phenoxy) is 2. The monoisotopic (exact) mass is 315 g/mol. The van der Waals surface area contributed by atoms with Gasteiger partial charge in [0, 0.05) is 26.7 Å². The molecule has 1 aliphatic rings. The minimum absolute atomic E-state index is 0.121. The highest BCUT2D eigenvalue weighted by Gasteiger charge is 2.25. The van der Waals surface area contributed by atoms with Gasteiger partial charge in [-0.3, -0.25) is 14.4 Å². The second kappa shape index (κ2) is 7.24. The fraction of sp³-hybridized carbons (Fsp3) is 0.714. The number of methoxy groups -OCH3 is 1. The highest BCUT2D eigenvalue weighted by Crippen LogP contribution is 2.23. The summed E-state index contributed by atoms with van der Waals surface area (Å²) in [5.74, 6) is -0.242. The van der Waals surface area contributed by atoms with Gasteiger partial charge in [0.15, 0.2) is 0 Å².